The number of hydrogen-bond acceptors (Lipinski definition) is 5. The standard InChI is InChI=1S/C17H31N3O4/c1-5-14(21)19-12-8-6-7-9-13(20-15(22)10-11-18)16(23)24-17(2,3)4/h5,13H,1,6-12,18H2,2-4H3,(H,19,21)(H,20,22). The summed E-state index contributed by atoms with van der Waals surface area (Å²) in [4.78, 5) is 34.9. The van der Waals surface area contributed by atoms with Gasteiger partial charge in [-0.3, -0.25) is 9.59 Å². The number of hydrogen-bond donors (Lipinski definition) is 3. The van der Waals surface area contributed by atoms with Gasteiger partial charge in [-0.05, 0) is 39.7 Å². The molecule has 1 atom stereocenters. The molecule has 1 unspecified atom stereocenters. The highest BCUT2D eigenvalue weighted by Crippen LogP contribution is 2.12. The van der Waals surface area contributed by atoms with Gasteiger partial charge in [0.05, 0.1) is 0 Å². The monoisotopic (exact) mass is 341 g/mol. The van der Waals surface area contributed by atoms with Gasteiger partial charge in [-0.1, -0.05) is 19.4 Å². The van der Waals surface area contributed by atoms with Crippen LogP contribution in [0.5, 0.6) is 0 Å². The van der Waals surface area contributed by atoms with Gasteiger partial charge in [-0.15, -0.1) is 0 Å². The quantitative estimate of drug-likeness (QED) is 0.295. The normalized spacial score (nSPS) is 12.2. The molecule has 0 aromatic heterocycles. The molecule has 138 valence electrons. The van der Waals surface area contributed by atoms with E-state index in [1.54, 1.807) is 20.8 Å². The first-order valence-corrected chi connectivity index (χ1v) is 8.32. The molecule has 0 spiro atoms. The number of esters is 1. The van der Waals surface area contributed by atoms with Gasteiger partial charge >= 0.3 is 5.97 Å². The van der Waals surface area contributed by atoms with E-state index in [1.165, 1.54) is 6.08 Å². The second kappa shape index (κ2) is 11.6. The number of ether oxygens (including phenoxy) is 1. The Morgan fingerprint density at radius 2 is 1.88 bits per heavy atom. The first kappa shape index (κ1) is 22.1. The number of unbranched alkanes of at least 4 members (excludes halogenated alkanes) is 2. The van der Waals surface area contributed by atoms with Gasteiger partial charge in [0, 0.05) is 19.5 Å². The van der Waals surface area contributed by atoms with Crippen molar-refractivity contribution in [2.24, 2.45) is 5.73 Å². The first-order chi connectivity index (χ1) is 11.2. The average molecular weight is 341 g/mol. The predicted octanol–water partition coefficient (Wildman–Crippen LogP) is 1.02. The maximum absolute atomic E-state index is 12.2. The molecule has 24 heavy (non-hydrogen) atoms. The molecule has 0 heterocycles. The van der Waals surface area contributed by atoms with Crippen LogP contribution in [0.2, 0.25) is 0 Å². The summed E-state index contributed by atoms with van der Waals surface area (Å²) in [7, 11) is 0. The third kappa shape index (κ3) is 11.6. The number of carbonyl (C=O) groups is 3. The summed E-state index contributed by atoms with van der Waals surface area (Å²) < 4.78 is 5.35. The van der Waals surface area contributed by atoms with E-state index in [4.69, 9.17) is 10.5 Å². The Labute approximate surface area is 144 Å². The van der Waals surface area contributed by atoms with E-state index in [-0.39, 0.29) is 24.8 Å². The van der Waals surface area contributed by atoms with Crippen LogP contribution < -0.4 is 16.4 Å². The maximum Gasteiger partial charge on any atom is 0.329 e. The van der Waals surface area contributed by atoms with E-state index >= 15 is 0 Å². The predicted molar refractivity (Wildman–Crippen MR) is 93.1 cm³/mol. The Bertz CT molecular complexity index is 430. The van der Waals surface area contributed by atoms with Crippen molar-refractivity contribution < 1.29 is 19.1 Å². The lowest BCUT2D eigenvalue weighted by Gasteiger charge is -2.24. The Balaban J connectivity index is 4.33. The van der Waals surface area contributed by atoms with Crippen LogP contribution in [0.15, 0.2) is 12.7 Å². The van der Waals surface area contributed by atoms with Crippen molar-refractivity contribution in [1.29, 1.82) is 0 Å². The van der Waals surface area contributed by atoms with Crippen LogP contribution in [0.3, 0.4) is 0 Å². The summed E-state index contributed by atoms with van der Waals surface area (Å²) in [5.74, 6) is -0.893. The number of nitrogens with two attached hydrogens (primary N) is 1. The van der Waals surface area contributed by atoms with Crippen LogP contribution in [0.25, 0.3) is 0 Å². The Hall–Kier alpha value is -1.89. The van der Waals surface area contributed by atoms with Gasteiger partial charge in [0.1, 0.15) is 11.6 Å². The molecule has 7 nitrogen and oxygen atoms in total. The lowest BCUT2D eigenvalue weighted by atomic mass is 10.1. The average Bonchev–Trinajstić information content (AvgIpc) is 2.47. The van der Waals surface area contributed by atoms with Gasteiger partial charge in [0.2, 0.25) is 11.8 Å². The summed E-state index contributed by atoms with van der Waals surface area (Å²) in [6.07, 6.45) is 4.23. The fraction of sp³-hybridized carbons (Fsp3) is 0.706. The lowest BCUT2D eigenvalue weighted by Crippen LogP contribution is -2.44. The third-order valence-electron chi connectivity index (χ3n) is 3.05. The summed E-state index contributed by atoms with van der Waals surface area (Å²) in [5.41, 5.74) is 4.75. The molecule has 0 aromatic carbocycles. The Morgan fingerprint density at radius 1 is 1.21 bits per heavy atom. The van der Waals surface area contributed by atoms with Gasteiger partial charge < -0.3 is 21.1 Å². The molecule has 7 heteroatoms. The molecule has 0 aliphatic carbocycles. The number of rotatable bonds is 11. The molecule has 0 rings (SSSR count). The van der Waals surface area contributed by atoms with Crippen molar-refractivity contribution in [3.8, 4) is 0 Å². The molecule has 0 saturated carbocycles. The molecule has 0 radical (unpaired) electrons. The van der Waals surface area contributed by atoms with Crippen LogP contribution >= 0.6 is 0 Å². The van der Waals surface area contributed by atoms with E-state index in [0.717, 1.165) is 19.3 Å². The molecule has 0 aliphatic heterocycles. The zero-order valence-electron chi connectivity index (χ0n) is 15.0. The molecular formula is C17H31N3O4. The van der Waals surface area contributed by atoms with Crippen LogP contribution in [-0.4, -0.2) is 42.5 Å². The second-order valence-electron chi connectivity index (χ2n) is 6.54. The Kier molecular flexibility index (Phi) is 10.7. The summed E-state index contributed by atoms with van der Waals surface area (Å²) >= 11 is 0. The fourth-order valence-electron chi connectivity index (χ4n) is 1.95. The zero-order valence-corrected chi connectivity index (χ0v) is 15.0. The molecule has 0 aromatic rings. The van der Waals surface area contributed by atoms with E-state index in [2.05, 4.69) is 17.2 Å². The second-order valence-corrected chi connectivity index (χ2v) is 6.54. The van der Waals surface area contributed by atoms with Crippen LogP contribution in [-0.2, 0) is 19.1 Å². The SMILES string of the molecule is C=CC(=O)NCCCCCC(NC(=O)CCN)C(=O)OC(C)(C)C. The molecule has 0 bridgehead atoms. The molecule has 0 fully saturated rings. The highest BCUT2D eigenvalue weighted by atomic mass is 16.6. The summed E-state index contributed by atoms with van der Waals surface area (Å²) in [6, 6.07) is -0.675. The number of carbonyl (C=O) groups excluding carboxylic acids is 3. The van der Waals surface area contributed by atoms with E-state index < -0.39 is 17.6 Å². The van der Waals surface area contributed by atoms with E-state index in [1.807, 2.05) is 0 Å². The van der Waals surface area contributed by atoms with Gasteiger partial charge in [0.15, 0.2) is 0 Å². The van der Waals surface area contributed by atoms with E-state index in [0.29, 0.717) is 13.0 Å². The van der Waals surface area contributed by atoms with Crippen LogP contribution in [0.1, 0.15) is 52.9 Å². The topological polar surface area (TPSA) is 111 Å². The van der Waals surface area contributed by atoms with Gasteiger partial charge in [-0.2, -0.15) is 0 Å². The maximum atomic E-state index is 12.2. The van der Waals surface area contributed by atoms with Crippen molar-refractivity contribution >= 4 is 17.8 Å². The van der Waals surface area contributed by atoms with Crippen molar-refractivity contribution in [2.45, 2.75) is 64.5 Å². The summed E-state index contributed by atoms with van der Waals surface area (Å²) in [6.45, 7) is 9.52. The van der Waals surface area contributed by atoms with Gasteiger partial charge in [0.25, 0.3) is 0 Å². The van der Waals surface area contributed by atoms with Crippen LogP contribution in [0.4, 0.5) is 0 Å². The van der Waals surface area contributed by atoms with Crippen molar-refractivity contribution in [1.82, 2.24) is 10.6 Å². The largest absolute Gasteiger partial charge is 0.458 e. The molecule has 0 aliphatic rings. The first-order valence-electron chi connectivity index (χ1n) is 8.32. The minimum Gasteiger partial charge on any atom is -0.458 e. The van der Waals surface area contributed by atoms with Crippen molar-refractivity contribution in [3.05, 3.63) is 12.7 Å². The molecular weight excluding hydrogens is 310 g/mol. The van der Waals surface area contributed by atoms with Crippen LogP contribution in [0, 0.1) is 0 Å². The highest BCUT2D eigenvalue weighted by molar-refractivity contribution is 5.86. The zero-order chi connectivity index (χ0) is 18.6. The Morgan fingerprint density at radius 3 is 2.42 bits per heavy atom. The number of nitrogens with one attached hydrogen (secondary N) is 2. The smallest absolute Gasteiger partial charge is 0.329 e. The molecule has 0 saturated heterocycles. The minimum absolute atomic E-state index is 0.173. The number of amides is 2. The summed E-state index contributed by atoms with van der Waals surface area (Å²) in [5, 5.41) is 5.37. The fourth-order valence-corrected chi connectivity index (χ4v) is 1.95. The highest BCUT2D eigenvalue weighted by Gasteiger charge is 2.26. The van der Waals surface area contributed by atoms with Gasteiger partial charge in [-0.25, -0.2) is 4.79 Å². The molecule has 2 amide bonds. The van der Waals surface area contributed by atoms with Crippen molar-refractivity contribution in [2.75, 3.05) is 13.1 Å². The minimum atomic E-state index is -0.675. The van der Waals surface area contributed by atoms with Crippen molar-refractivity contribution in [3.63, 3.8) is 0 Å². The third-order valence-corrected chi connectivity index (χ3v) is 3.05. The molecule has 4 N–H and O–H groups in total. The van der Waals surface area contributed by atoms with E-state index in [9.17, 15) is 14.4 Å². The lowest BCUT2D eigenvalue weighted by molar-refractivity contribution is -0.158.